The number of amides is 1. The fraction of sp³-hybridized carbons (Fsp3) is 0.923. The molecule has 1 fully saturated rings. The summed E-state index contributed by atoms with van der Waals surface area (Å²) >= 11 is 0. The molecule has 0 aromatic rings. The topological polar surface area (TPSA) is 41.6 Å². The summed E-state index contributed by atoms with van der Waals surface area (Å²) in [5, 5.41) is 3.11. The van der Waals surface area contributed by atoms with Crippen LogP contribution < -0.4 is 5.32 Å². The molecule has 18 heavy (non-hydrogen) atoms. The normalized spacial score (nSPS) is 17.6. The lowest BCUT2D eigenvalue weighted by Gasteiger charge is -2.26. The van der Waals surface area contributed by atoms with Gasteiger partial charge in [0.2, 0.25) is 5.91 Å². The Bertz CT molecular complexity index is 245. The predicted molar refractivity (Wildman–Crippen MR) is 76.2 cm³/mol. The van der Waals surface area contributed by atoms with Crippen molar-refractivity contribution >= 4 is 18.3 Å². The number of ether oxygens (including phenoxy) is 1. The molecule has 1 aliphatic rings. The Labute approximate surface area is 117 Å². The van der Waals surface area contributed by atoms with E-state index >= 15 is 0 Å². The van der Waals surface area contributed by atoms with E-state index in [1.54, 1.807) is 7.11 Å². The summed E-state index contributed by atoms with van der Waals surface area (Å²) in [6.07, 6.45) is 3.50. The van der Waals surface area contributed by atoms with Gasteiger partial charge < -0.3 is 15.0 Å². The average Bonchev–Trinajstić information content (AvgIpc) is 2.79. The third-order valence-corrected chi connectivity index (χ3v) is 4.05. The zero-order valence-electron chi connectivity index (χ0n) is 11.8. The molecule has 0 unspecified atom stereocenters. The number of carbonyl (C=O) groups is 1. The van der Waals surface area contributed by atoms with Crippen LogP contribution in [0.1, 0.15) is 33.1 Å². The standard InChI is InChI=1S/C13H26N2O2.ClH/c1-4-13(5-2)6-8-15(11-13)12(16)10-14-7-9-17-3;/h14H,4-11H2,1-3H3;1H. The van der Waals surface area contributed by atoms with Gasteiger partial charge in [-0.1, -0.05) is 13.8 Å². The maximum atomic E-state index is 12.0. The van der Waals surface area contributed by atoms with Crippen molar-refractivity contribution in [2.45, 2.75) is 33.1 Å². The third-order valence-electron chi connectivity index (χ3n) is 4.05. The van der Waals surface area contributed by atoms with Crippen molar-refractivity contribution in [3.8, 4) is 0 Å². The monoisotopic (exact) mass is 278 g/mol. The van der Waals surface area contributed by atoms with Crippen molar-refractivity contribution in [2.24, 2.45) is 5.41 Å². The number of methoxy groups -OCH3 is 1. The molecule has 1 heterocycles. The molecule has 0 radical (unpaired) electrons. The second kappa shape index (κ2) is 8.73. The summed E-state index contributed by atoms with van der Waals surface area (Å²) in [5.74, 6) is 0.227. The number of nitrogens with one attached hydrogen (secondary N) is 1. The second-order valence-corrected chi connectivity index (χ2v) is 4.94. The second-order valence-electron chi connectivity index (χ2n) is 4.94. The molecular formula is C13H27ClN2O2. The SMILES string of the molecule is CCC1(CC)CCN(C(=O)CNCCOC)C1.Cl. The lowest BCUT2D eigenvalue weighted by molar-refractivity contribution is -0.129. The Hall–Kier alpha value is -0.320. The van der Waals surface area contributed by atoms with Crippen LogP contribution in [0, 0.1) is 5.41 Å². The first-order valence-electron chi connectivity index (χ1n) is 6.65. The largest absolute Gasteiger partial charge is 0.383 e. The van der Waals surface area contributed by atoms with Crippen LogP contribution in [-0.2, 0) is 9.53 Å². The Balaban J connectivity index is 0.00000289. The van der Waals surface area contributed by atoms with E-state index in [2.05, 4.69) is 19.2 Å². The number of nitrogens with zero attached hydrogens (tertiary/aromatic N) is 1. The zero-order valence-corrected chi connectivity index (χ0v) is 12.6. The van der Waals surface area contributed by atoms with Crippen LogP contribution in [0.2, 0.25) is 0 Å². The van der Waals surface area contributed by atoms with Gasteiger partial charge in [0.1, 0.15) is 0 Å². The van der Waals surface area contributed by atoms with Crippen LogP contribution in [0.15, 0.2) is 0 Å². The van der Waals surface area contributed by atoms with Crippen molar-refractivity contribution in [1.29, 1.82) is 0 Å². The van der Waals surface area contributed by atoms with E-state index in [4.69, 9.17) is 4.74 Å². The maximum Gasteiger partial charge on any atom is 0.236 e. The number of carbonyl (C=O) groups excluding carboxylic acids is 1. The summed E-state index contributed by atoms with van der Waals surface area (Å²) < 4.78 is 4.93. The van der Waals surface area contributed by atoms with E-state index in [1.165, 1.54) is 12.8 Å². The Morgan fingerprint density at radius 1 is 1.39 bits per heavy atom. The van der Waals surface area contributed by atoms with Crippen molar-refractivity contribution in [2.75, 3.05) is 39.9 Å². The van der Waals surface area contributed by atoms with Crippen molar-refractivity contribution < 1.29 is 9.53 Å². The van der Waals surface area contributed by atoms with Crippen molar-refractivity contribution in [3.05, 3.63) is 0 Å². The molecule has 0 spiro atoms. The van der Waals surface area contributed by atoms with Crippen LogP contribution >= 0.6 is 12.4 Å². The van der Waals surface area contributed by atoms with Gasteiger partial charge >= 0.3 is 0 Å². The molecule has 1 N–H and O–H groups in total. The molecule has 0 aromatic heterocycles. The molecule has 1 amide bonds. The fourth-order valence-corrected chi connectivity index (χ4v) is 2.46. The van der Waals surface area contributed by atoms with Gasteiger partial charge in [-0.05, 0) is 24.7 Å². The Morgan fingerprint density at radius 3 is 2.56 bits per heavy atom. The summed E-state index contributed by atoms with van der Waals surface area (Å²) in [4.78, 5) is 14.0. The fourth-order valence-electron chi connectivity index (χ4n) is 2.46. The van der Waals surface area contributed by atoms with Gasteiger partial charge in [-0.15, -0.1) is 12.4 Å². The minimum absolute atomic E-state index is 0. The molecule has 1 saturated heterocycles. The van der Waals surface area contributed by atoms with E-state index in [0.29, 0.717) is 18.6 Å². The molecule has 0 bridgehead atoms. The van der Waals surface area contributed by atoms with Crippen molar-refractivity contribution in [1.82, 2.24) is 10.2 Å². The third kappa shape index (κ3) is 4.75. The summed E-state index contributed by atoms with van der Waals surface area (Å²) in [6, 6.07) is 0. The summed E-state index contributed by atoms with van der Waals surface area (Å²) in [6.45, 7) is 8.15. The number of hydrogen-bond acceptors (Lipinski definition) is 3. The van der Waals surface area contributed by atoms with Crippen LogP contribution in [-0.4, -0.2) is 50.7 Å². The van der Waals surface area contributed by atoms with Gasteiger partial charge in [0.05, 0.1) is 13.2 Å². The molecule has 1 rings (SSSR count). The summed E-state index contributed by atoms with van der Waals surface area (Å²) in [7, 11) is 1.67. The molecule has 0 aliphatic carbocycles. The highest BCUT2D eigenvalue weighted by Crippen LogP contribution is 2.36. The molecule has 0 saturated carbocycles. The van der Waals surface area contributed by atoms with Gasteiger partial charge in [0, 0.05) is 26.7 Å². The quantitative estimate of drug-likeness (QED) is 0.721. The molecule has 108 valence electrons. The first kappa shape index (κ1) is 17.7. The van der Waals surface area contributed by atoms with Gasteiger partial charge in [-0.2, -0.15) is 0 Å². The van der Waals surface area contributed by atoms with Gasteiger partial charge in [-0.25, -0.2) is 0 Å². The molecular weight excluding hydrogens is 252 g/mol. The first-order valence-corrected chi connectivity index (χ1v) is 6.65. The van der Waals surface area contributed by atoms with E-state index in [1.807, 2.05) is 4.90 Å². The molecule has 5 heteroatoms. The first-order chi connectivity index (χ1) is 8.17. The smallest absolute Gasteiger partial charge is 0.236 e. The number of likely N-dealkylation sites (tertiary alicyclic amines) is 1. The van der Waals surface area contributed by atoms with E-state index < -0.39 is 0 Å². The van der Waals surface area contributed by atoms with Gasteiger partial charge in [0.15, 0.2) is 0 Å². The predicted octanol–water partition coefficient (Wildman–Crippen LogP) is 1.68. The number of rotatable bonds is 7. The minimum atomic E-state index is 0. The highest BCUT2D eigenvalue weighted by Gasteiger charge is 2.36. The molecule has 0 atom stereocenters. The molecule has 0 aromatic carbocycles. The lowest BCUT2D eigenvalue weighted by Crippen LogP contribution is -2.38. The minimum Gasteiger partial charge on any atom is -0.383 e. The van der Waals surface area contributed by atoms with Crippen molar-refractivity contribution in [3.63, 3.8) is 0 Å². The van der Waals surface area contributed by atoms with Crippen LogP contribution in [0.4, 0.5) is 0 Å². The maximum absolute atomic E-state index is 12.0. The number of hydrogen-bond donors (Lipinski definition) is 1. The van der Waals surface area contributed by atoms with Gasteiger partial charge in [-0.3, -0.25) is 4.79 Å². The van der Waals surface area contributed by atoms with Gasteiger partial charge in [0.25, 0.3) is 0 Å². The van der Waals surface area contributed by atoms with E-state index in [0.717, 1.165) is 26.1 Å². The molecule has 1 aliphatic heterocycles. The Kier molecular flexibility index (Phi) is 8.57. The zero-order chi connectivity index (χ0) is 12.7. The summed E-state index contributed by atoms with van der Waals surface area (Å²) in [5.41, 5.74) is 0.377. The number of halogens is 1. The Morgan fingerprint density at radius 2 is 2.06 bits per heavy atom. The highest BCUT2D eigenvalue weighted by molar-refractivity contribution is 5.85. The van der Waals surface area contributed by atoms with Crippen LogP contribution in [0.3, 0.4) is 0 Å². The van der Waals surface area contributed by atoms with Crippen LogP contribution in [0.5, 0.6) is 0 Å². The lowest BCUT2D eigenvalue weighted by atomic mass is 9.82. The average molecular weight is 279 g/mol. The van der Waals surface area contributed by atoms with E-state index in [9.17, 15) is 4.79 Å². The van der Waals surface area contributed by atoms with Crippen LogP contribution in [0.25, 0.3) is 0 Å². The highest BCUT2D eigenvalue weighted by atomic mass is 35.5. The molecule has 4 nitrogen and oxygen atoms in total. The van der Waals surface area contributed by atoms with E-state index in [-0.39, 0.29) is 18.3 Å².